The van der Waals surface area contributed by atoms with Gasteiger partial charge in [0.05, 0.1) is 13.1 Å². The molecule has 3 aromatic rings. The molecule has 2 aromatic carbocycles. The first-order valence-electron chi connectivity index (χ1n) is 12.1. The maximum atomic E-state index is 13.6. The minimum Gasteiger partial charge on any atom is -0.464 e. The molecule has 0 unspecified atom stereocenters. The van der Waals surface area contributed by atoms with Gasteiger partial charge in [0.2, 0.25) is 22.7 Å². The van der Waals surface area contributed by atoms with Crippen molar-refractivity contribution in [3.8, 4) is 11.5 Å². The van der Waals surface area contributed by atoms with Gasteiger partial charge in [0.1, 0.15) is 11.5 Å². The number of furan rings is 1. The Hall–Kier alpha value is -3.56. The maximum absolute atomic E-state index is 13.6. The number of hydrogen-bond donors (Lipinski definition) is 0. The van der Waals surface area contributed by atoms with E-state index in [0.717, 1.165) is 22.3 Å². The van der Waals surface area contributed by atoms with Gasteiger partial charge in [-0.05, 0) is 54.3 Å². The summed E-state index contributed by atoms with van der Waals surface area (Å²) in [5.74, 6) is 2.33. The standard InChI is InChI=1S/C28H32N2O6S/c1-21(2)16-30(37(32,33)14-13-23-7-5-4-6-8-23)19-28(31)29(18-25-11-9-22(3)36-25)17-24-10-12-26-27(15-24)35-20-34-26/h4-15,21H,16-20H2,1-3H3. The van der Waals surface area contributed by atoms with Crippen LogP contribution >= 0.6 is 0 Å². The van der Waals surface area contributed by atoms with Gasteiger partial charge in [-0.1, -0.05) is 50.2 Å². The number of aryl methyl sites for hydroxylation is 1. The molecule has 196 valence electrons. The third-order valence-corrected chi connectivity index (χ3v) is 7.26. The summed E-state index contributed by atoms with van der Waals surface area (Å²) < 4.78 is 44.4. The van der Waals surface area contributed by atoms with E-state index in [1.807, 2.05) is 75.4 Å². The number of nitrogens with zero attached hydrogens (tertiary/aromatic N) is 2. The van der Waals surface area contributed by atoms with Crippen LogP contribution in [0.2, 0.25) is 0 Å². The van der Waals surface area contributed by atoms with Crippen LogP contribution in [-0.2, 0) is 27.9 Å². The van der Waals surface area contributed by atoms with E-state index < -0.39 is 10.0 Å². The van der Waals surface area contributed by atoms with Crippen LogP contribution in [0.25, 0.3) is 6.08 Å². The number of ether oxygens (including phenoxy) is 2. The van der Waals surface area contributed by atoms with Crippen molar-refractivity contribution in [2.24, 2.45) is 5.92 Å². The Balaban J connectivity index is 1.56. The fraction of sp³-hybridized carbons (Fsp3) is 0.321. The van der Waals surface area contributed by atoms with Crippen LogP contribution in [0.3, 0.4) is 0 Å². The maximum Gasteiger partial charge on any atom is 0.238 e. The van der Waals surface area contributed by atoms with E-state index in [-0.39, 0.29) is 44.8 Å². The van der Waals surface area contributed by atoms with Crippen molar-refractivity contribution in [3.63, 3.8) is 0 Å². The summed E-state index contributed by atoms with van der Waals surface area (Å²) in [7, 11) is -3.85. The van der Waals surface area contributed by atoms with Crippen LogP contribution in [0.5, 0.6) is 11.5 Å². The first-order valence-corrected chi connectivity index (χ1v) is 13.6. The summed E-state index contributed by atoms with van der Waals surface area (Å²) in [6, 6.07) is 18.4. The summed E-state index contributed by atoms with van der Waals surface area (Å²) in [6.45, 7) is 6.22. The van der Waals surface area contributed by atoms with Crippen LogP contribution in [-0.4, -0.2) is 43.4 Å². The van der Waals surface area contributed by atoms with E-state index in [2.05, 4.69) is 0 Å². The Morgan fingerprint density at radius 2 is 1.76 bits per heavy atom. The molecule has 0 saturated carbocycles. The molecule has 1 aliphatic rings. The third-order valence-electron chi connectivity index (χ3n) is 5.78. The Bertz CT molecular complexity index is 1350. The van der Waals surface area contributed by atoms with Crippen molar-refractivity contribution in [1.82, 2.24) is 9.21 Å². The molecule has 0 atom stereocenters. The Morgan fingerprint density at radius 3 is 2.46 bits per heavy atom. The number of hydrogen-bond acceptors (Lipinski definition) is 6. The van der Waals surface area contributed by atoms with Gasteiger partial charge in [0.15, 0.2) is 11.5 Å². The Kier molecular flexibility index (Phi) is 8.35. The van der Waals surface area contributed by atoms with Crippen LogP contribution in [0, 0.1) is 12.8 Å². The summed E-state index contributed by atoms with van der Waals surface area (Å²) >= 11 is 0. The number of rotatable bonds is 11. The molecule has 0 bridgehead atoms. The molecule has 0 spiro atoms. The lowest BCUT2D eigenvalue weighted by Crippen LogP contribution is -2.43. The number of benzene rings is 2. The highest BCUT2D eigenvalue weighted by Gasteiger charge is 2.27. The summed E-state index contributed by atoms with van der Waals surface area (Å²) in [6.07, 6.45) is 1.54. The van der Waals surface area contributed by atoms with Crippen molar-refractivity contribution < 1.29 is 27.1 Å². The zero-order valence-electron chi connectivity index (χ0n) is 21.3. The number of sulfonamides is 1. The highest BCUT2D eigenvalue weighted by molar-refractivity contribution is 7.92. The quantitative estimate of drug-likeness (QED) is 0.358. The van der Waals surface area contributed by atoms with E-state index in [0.29, 0.717) is 17.3 Å². The SMILES string of the molecule is Cc1ccc(CN(Cc2ccc3c(c2)OCO3)C(=O)CN(CC(C)C)S(=O)(=O)C=Cc2ccccc2)o1. The van der Waals surface area contributed by atoms with Crippen molar-refractivity contribution in [2.75, 3.05) is 19.9 Å². The molecule has 0 fully saturated rings. The van der Waals surface area contributed by atoms with Crippen molar-refractivity contribution in [1.29, 1.82) is 0 Å². The topological polar surface area (TPSA) is 89.3 Å². The molecule has 1 aliphatic heterocycles. The summed E-state index contributed by atoms with van der Waals surface area (Å²) in [5, 5.41) is 1.16. The van der Waals surface area contributed by atoms with Crippen LogP contribution in [0.15, 0.2) is 70.5 Å². The first-order chi connectivity index (χ1) is 17.7. The lowest BCUT2D eigenvalue weighted by atomic mass is 10.2. The second-order valence-electron chi connectivity index (χ2n) is 9.39. The van der Waals surface area contributed by atoms with Crippen molar-refractivity contribution in [3.05, 3.63) is 88.7 Å². The number of amides is 1. The van der Waals surface area contributed by atoms with Gasteiger partial charge < -0.3 is 18.8 Å². The summed E-state index contributed by atoms with van der Waals surface area (Å²) in [5.41, 5.74) is 1.60. The Morgan fingerprint density at radius 1 is 1.00 bits per heavy atom. The average molecular weight is 525 g/mol. The number of carbonyl (C=O) groups excluding carboxylic acids is 1. The number of fused-ring (bicyclic) bond motifs is 1. The molecular weight excluding hydrogens is 492 g/mol. The predicted molar refractivity (Wildman–Crippen MR) is 141 cm³/mol. The van der Waals surface area contributed by atoms with Gasteiger partial charge in [-0.3, -0.25) is 4.79 Å². The monoisotopic (exact) mass is 524 g/mol. The zero-order chi connectivity index (χ0) is 26.4. The molecule has 1 amide bonds. The first kappa shape index (κ1) is 26.5. The second kappa shape index (κ2) is 11.7. The normalized spacial score (nSPS) is 13.1. The second-order valence-corrected chi connectivity index (χ2v) is 11.2. The molecule has 0 radical (unpaired) electrons. The van der Waals surface area contributed by atoms with Gasteiger partial charge in [-0.25, -0.2) is 8.42 Å². The molecule has 4 rings (SSSR count). The van der Waals surface area contributed by atoms with E-state index in [1.165, 1.54) is 4.31 Å². The van der Waals surface area contributed by atoms with Crippen molar-refractivity contribution >= 4 is 22.0 Å². The van der Waals surface area contributed by atoms with Gasteiger partial charge in [0.25, 0.3) is 0 Å². The largest absolute Gasteiger partial charge is 0.464 e. The zero-order valence-corrected chi connectivity index (χ0v) is 22.1. The van der Waals surface area contributed by atoms with Gasteiger partial charge in [0, 0.05) is 18.5 Å². The molecule has 2 heterocycles. The predicted octanol–water partition coefficient (Wildman–Crippen LogP) is 4.80. The van der Waals surface area contributed by atoms with E-state index in [4.69, 9.17) is 13.9 Å². The summed E-state index contributed by atoms with van der Waals surface area (Å²) in [4.78, 5) is 15.2. The molecule has 8 nitrogen and oxygen atoms in total. The van der Waals surface area contributed by atoms with Gasteiger partial charge in [-0.15, -0.1) is 0 Å². The molecular formula is C28H32N2O6S. The number of carbonyl (C=O) groups is 1. The lowest BCUT2D eigenvalue weighted by Gasteiger charge is -2.27. The van der Waals surface area contributed by atoms with Crippen LogP contribution in [0.4, 0.5) is 0 Å². The molecule has 0 aliphatic carbocycles. The van der Waals surface area contributed by atoms with Gasteiger partial charge in [-0.2, -0.15) is 4.31 Å². The third kappa shape index (κ3) is 7.24. The van der Waals surface area contributed by atoms with E-state index in [9.17, 15) is 13.2 Å². The molecule has 37 heavy (non-hydrogen) atoms. The minimum atomic E-state index is -3.85. The highest BCUT2D eigenvalue weighted by atomic mass is 32.2. The fourth-order valence-corrected chi connectivity index (χ4v) is 5.28. The molecule has 0 N–H and O–H groups in total. The average Bonchev–Trinajstić information content (AvgIpc) is 3.50. The lowest BCUT2D eigenvalue weighted by molar-refractivity contribution is -0.133. The Labute approximate surface area is 218 Å². The van der Waals surface area contributed by atoms with Crippen LogP contribution < -0.4 is 9.47 Å². The molecule has 1 aromatic heterocycles. The van der Waals surface area contributed by atoms with Gasteiger partial charge >= 0.3 is 0 Å². The fourth-order valence-electron chi connectivity index (χ4n) is 3.98. The smallest absolute Gasteiger partial charge is 0.238 e. The van der Waals surface area contributed by atoms with E-state index in [1.54, 1.807) is 17.0 Å². The van der Waals surface area contributed by atoms with Crippen molar-refractivity contribution in [2.45, 2.75) is 33.9 Å². The minimum absolute atomic E-state index is 0.0303. The van der Waals surface area contributed by atoms with Crippen LogP contribution in [0.1, 0.15) is 36.5 Å². The molecule has 9 heteroatoms. The highest BCUT2D eigenvalue weighted by Crippen LogP contribution is 2.33. The van der Waals surface area contributed by atoms with E-state index >= 15 is 0 Å². The molecule has 0 saturated heterocycles.